The van der Waals surface area contributed by atoms with E-state index in [4.69, 9.17) is 9.72 Å². The van der Waals surface area contributed by atoms with Gasteiger partial charge in [0, 0.05) is 42.2 Å². The van der Waals surface area contributed by atoms with Crippen LogP contribution in [0.3, 0.4) is 0 Å². The van der Waals surface area contributed by atoms with E-state index >= 15 is 0 Å². The predicted molar refractivity (Wildman–Crippen MR) is 130 cm³/mol. The summed E-state index contributed by atoms with van der Waals surface area (Å²) in [5, 5.41) is 21.6. The molecule has 1 atom stereocenters. The molecule has 1 N–H and O–H groups in total. The average Bonchev–Trinajstić information content (AvgIpc) is 3.39. The topological polar surface area (TPSA) is 141 Å². The van der Waals surface area contributed by atoms with Gasteiger partial charge >= 0.3 is 6.09 Å². The first-order valence-electron chi connectivity index (χ1n) is 11.2. The number of carbonyl (C=O) groups is 1. The predicted octanol–water partition coefficient (Wildman–Crippen LogP) is 4.18. The highest BCUT2D eigenvalue weighted by Gasteiger charge is 2.34. The molecule has 2 aromatic carbocycles. The molecule has 0 unspecified atom stereocenters. The van der Waals surface area contributed by atoms with Gasteiger partial charge < -0.3 is 9.84 Å². The molecule has 11 heteroatoms. The minimum atomic E-state index is -1.11. The van der Waals surface area contributed by atoms with Crippen LogP contribution in [0.1, 0.15) is 24.7 Å². The lowest BCUT2D eigenvalue weighted by Gasteiger charge is -2.25. The van der Waals surface area contributed by atoms with Crippen LogP contribution in [-0.4, -0.2) is 49.2 Å². The Morgan fingerprint density at radius 1 is 1.22 bits per heavy atom. The molecule has 1 amide bonds. The minimum Gasteiger partial charge on any atom is -0.497 e. The number of ether oxygens (including phenoxy) is 1. The lowest BCUT2D eigenvalue weighted by molar-refractivity contribution is -0.384. The maximum atomic E-state index is 14.0. The fraction of sp³-hybridized carbons (Fsp3) is 0.200. The summed E-state index contributed by atoms with van der Waals surface area (Å²) < 4.78 is 6.56. The number of nitrogens with zero attached hydrogens (tertiary/aromatic N) is 5. The lowest BCUT2D eigenvalue weighted by Crippen LogP contribution is -2.34. The normalized spacial score (nSPS) is 15.2. The molecule has 36 heavy (non-hydrogen) atoms. The molecule has 0 aliphatic carbocycles. The highest BCUT2D eigenvalue weighted by molar-refractivity contribution is 5.95. The molecule has 1 saturated heterocycles. The largest absolute Gasteiger partial charge is 0.497 e. The van der Waals surface area contributed by atoms with E-state index in [1.165, 1.54) is 34.9 Å². The molecule has 0 radical (unpaired) electrons. The Balaban J connectivity index is 1.88. The van der Waals surface area contributed by atoms with Gasteiger partial charge in [0.2, 0.25) is 0 Å². The van der Waals surface area contributed by atoms with Crippen LogP contribution in [0.5, 0.6) is 5.75 Å². The van der Waals surface area contributed by atoms with Crippen molar-refractivity contribution in [1.29, 1.82) is 0 Å². The molecule has 0 saturated carbocycles. The molecule has 0 bridgehead atoms. The zero-order valence-electron chi connectivity index (χ0n) is 19.2. The van der Waals surface area contributed by atoms with Crippen molar-refractivity contribution in [3.05, 3.63) is 87.2 Å². The number of carboxylic acid groups (broad SMARTS) is 1. The summed E-state index contributed by atoms with van der Waals surface area (Å²) in [7, 11) is 1.52. The summed E-state index contributed by atoms with van der Waals surface area (Å²) in [6.45, 7) is 0.312. The monoisotopic (exact) mass is 487 g/mol. The van der Waals surface area contributed by atoms with Gasteiger partial charge in [-0.05, 0) is 43.2 Å². The first kappa shape index (κ1) is 23.0. The number of hydrogen-bond acceptors (Lipinski definition) is 7. The van der Waals surface area contributed by atoms with Crippen LogP contribution in [-0.2, 0) is 0 Å². The number of hydrogen-bond donors (Lipinski definition) is 1. The van der Waals surface area contributed by atoms with Gasteiger partial charge in [-0.1, -0.05) is 6.07 Å². The number of nitro groups is 1. The van der Waals surface area contributed by atoms with Crippen molar-refractivity contribution in [2.24, 2.45) is 0 Å². The quantitative estimate of drug-likeness (QED) is 0.326. The van der Waals surface area contributed by atoms with Gasteiger partial charge in [-0.3, -0.25) is 29.4 Å². The van der Waals surface area contributed by atoms with E-state index in [9.17, 15) is 24.8 Å². The van der Waals surface area contributed by atoms with Crippen LogP contribution in [0.15, 0.2) is 65.7 Å². The van der Waals surface area contributed by atoms with Gasteiger partial charge in [0.05, 0.1) is 34.7 Å². The maximum Gasteiger partial charge on any atom is 0.407 e. The average molecular weight is 487 g/mol. The third-order valence-corrected chi connectivity index (χ3v) is 6.29. The number of rotatable bonds is 5. The number of pyridine rings is 1. The molecule has 4 aromatic rings. The van der Waals surface area contributed by atoms with Gasteiger partial charge in [0.15, 0.2) is 0 Å². The minimum absolute atomic E-state index is 0.0440. The van der Waals surface area contributed by atoms with Crippen molar-refractivity contribution in [3.8, 4) is 22.6 Å². The molecule has 5 rings (SSSR count). The van der Waals surface area contributed by atoms with Gasteiger partial charge in [-0.25, -0.2) is 9.78 Å². The Bertz CT molecular complexity index is 1540. The molecule has 1 aliphatic rings. The third kappa shape index (κ3) is 3.90. The van der Waals surface area contributed by atoms with Crippen molar-refractivity contribution in [2.75, 3.05) is 13.7 Å². The van der Waals surface area contributed by atoms with Crippen molar-refractivity contribution in [1.82, 2.24) is 19.4 Å². The van der Waals surface area contributed by atoms with Gasteiger partial charge in [0.1, 0.15) is 11.6 Å². The van der Waals surface area contributed by atoms with Crippen molar-refractivity contribution in [2.45, 2.75) is 18.9 Å². The van der Waals surface area contributed by atoms with Crippen molar-refractivity contribution < 1.29 is 19.6 Å². The SMILES string of the molecule is COc1ccc(-n2c([C@H]3CCCN3C(=O)O)nc3c(-c4cccnc4)cc([N+](=O)[O-])cc3c2=O)cc1. The molecule has 1 aliphatic heterocycles. The molecular formula is C25H21N5O6. The smallest absolute Gasteiger partial charge is 0.407 e. The van der Waals surface area contributed by atoms with Gasteiger partial charge in [-0.15, -0.1) is 0 Å². The Morgan fingerprint density at radius 2 is 2.00 bits per heavy atom. The van der Waals surface area contributed by atoms with Gasteiger partial charge in [0.25, 0.3) is 11.2 Å². The number of amides is 1. The lowest BCUT2D eigenvalue weighted by atomic mass is 10.0. The Hall–Kier alpha value is -4.80. The summed E-state index contributed by atoms with van der Waals surface area (Å²) in [6.07, 6.45) is 3.10. The summed E-state index contributed by atoms with van der Waals surface area (Å²) in [4.78, 5) is 47.3. The van der Waals surface area contributed by atoms with Gasteiger partial charge in [-0.2, -0.15) is 0 Å². The van der Waals surface area contributed by atoms with E-state index in [1.807, 2.05) is 0 Å². The zero-order valence-corrected chi connectivity index (χ0v) is 19.2. The second-order valence-electron chi connectivity index (χ2n) is 8.33. The molecule has 182 valence electrons. The van der Waals surface area contributed by atoms with E-state index in [1.54, 1.807) is 42.6 Å². The summed E-state index contributed by atoms with van der Waals surface area (Å²) in [6, 6.07) is 12.0. The van der Waals surface area contributed by atoms with Crippen LogP contribution in [0.4, 0.5) is 10.5 Å². The summed E-state index contributed by atoms with van der Waals surface area (Å²) >= 11 is 0. The Morgan fingerprint density at radius 3 is 2.64 bits per heavy atom. The maximum absolute atomic E-state index is 14.0. The number of aromatic nitrogens is 3. The first-order chi connectivity index (χ1) is 17.4. The molecule has 0 spiro atoms. The number of nitro benzene ring substituents is 1. The van der Waals surface area contributed by atoms with E-state index in [0.717, 1.165) is 0 Å². The van der Waals surface area contributed by atoms with E-state index in [-0.39, 0.29) is 22.4 Å². The molecule has 11 nitrogen and oxygen atoms in total. The third-order valence-electron chi connectivity index (χ3n) is 6.29. The fourth-order valence-electron chi connectivity index (χ4n) is 4.61. The summed E-state index contributed by atoms with van der Waals surface area (Å²) in [5.41, 5.74) is 0.807. The number of likely N-dealkylation sites (tertiary alicyclic amines) is 1. The van der Waals surface area contributed by atoms with Crippen molar-refractivity contribution in [3.63, 3.8) is 0 Å². The molecule has 2 aromatic heterocycles. The standard InChI is InChI=1S/C25H21N5O6/c1-36-18-8-6-16(7-9-18)29-23(21-5-3-11-28(21)25(32)33)27-22-19(15-4-2-10-26-14-15)12-17(30(34)35)13-20(22)24(29)31/h2,4,6-10,12-14,21H,3,5,11H2,1H3,(H,32,33)/t21-/m1/s1. The highest BCUT2D eigenvalue weighted by Crippen LogP contribution is 2.35. The number of non-ortho nitro benzene ring substituents is 1. The number of methoxy groups -OCH3 is 1. The van der Waals surface area contributed by atoms with E-state index in [0.29, 0.717) is 42.0 Å². The number of fused-ring (bicyclic) bond motifs is 1. The fourth-order valence-corrected chi connectivity index (χ4v) is 4.61. The summed E-state index contributed by atoms with van der Waals surface area (Å²) in [5.74, 6) is 0.821. The van der Waals surface area contributed by atoms with Crippen LogP contribution in [0.2, 0.25) is 0 Å². The zero-order chi connectivity index (χ0) is 25.4. The van der Waals surface area contributed by atoms with Crippen LogP contribution in [0.25, 0.3) is 27.7 Å². The molecular weight excluding hydrogens is 466 g/mol. The molecule has 1 fully saturated rings. The van der Waals surface area contributed by atoms with Crippen LogP contribution < -0.4 is 10.3 Å². The van der Waals surface area contributed by atoms with E-state index in [2.05, 4.69) is 4.98 Å². The first-order valence-corrected chi connectivity index (χ1v) is 11.2. The second kappa shape index (κ2) is 9.10. The Kier molecular flexibility index (Phi) is 5.80. The second-order valence-corrected chi connectivity index (χ2v) is 8.33. The van der Waals surface area contributed by atoms with E-state index < -0.39 is 22.6 Å². The highest BCUT2D eigenvalue weighted by atomic mass is 16.6. The van der Waals surface area contributed by atoms with Crippen LogP contribution >= 0.6 is 0 Å². The number of benzene rings is 2. The van der Waals surface area contributed by atoms with Crippen molar-refractivity contribution >= 4 is 22.7 Å². The molecule has 3 heterocycles. The van der Waals surface area contributed by atoms with Crippen LogP contribution in [0, 0.1) is 10.1 Å². The Labute approximate surface area is 204 Å².